The fourth-order valence-corrected chi connectivity index (χ4v) is 2.22. The largest absolute Gasteiger partial charge is 0.497 e. The van der Waals surface area contributed by atoms with Crippen LogP contribution in [0.3, 0.4) is 0 Å². The number of ether oxygens (including phenoxy) is 1. The van der Waals surface area contributed by atoms with Gasteiger partial charge in [0, 0.05) is 11.6 Å². The summed E-state index contributed by atoms with van der Waals surface area (Å²) in [7, 11) is 1.63. The lowest BCUT2D eigenvalue weighted by Crippen LogP contribution is -2.01. The van der Waals surface area contributed by atoms with Crippen molar-refractivity contribution in [1.29, 1.82) is 0 Å². The second-order valence-electron chi connectivity index (χ2n) is 3.50. The smallest absolute Gasteiger partial charge is 0.131 e. The monoisotopic (exact) mass is 235 g/mol. The maximum absolute atomic E-state index is 10.1. The van der Waals surface area contributed by atoms with Gasteiger partial charge in [-0.1, -0.05) is 6.07 Å². The van der Waals surface area contributed by atoms with E-state index >= 15 is 0 Å². The average molecular weight is 235 g/mol. The maximum atomic E-state index is 10.1. The number of aromatic nitrogens is 1. The van der Waals surface area contributed by atoms with Crippen LogP contribution < -0.4 is 4.74 Å². The number of benzene rings is 1. The fraction of sp³-hybridized carbons (Fsp3) is 0.250. The topological polar surface area (TPSA) is 42.4 Å². The van der Waals surface area contributed by atoms with Gasteiger partial charge in [-0.3, -0.25) is 0 Å². The molecule has 1 atom stereocenters. The maximum Gasteiger partial charge on any atom is 0.131 e. The number of hydrogen-bond donors (Lipinski definition) is 1. The number of methoxy groups -OCH3 is 1. The summed E-state index contributed by atoms with van der Waals surface area (Å²) in [4.78, 5) is 4.11. The number of aliphatic hydroxyl groups is 1. The third-order valence-corrected chi connectivity index (χ3v) is 3.28. The van der Waals surface area contributed by atoms with Gasteiger partial charge in [0.05, 0.1) is 7.11 Å². The third-order valence-electron chi connectivity index (χ3n) is 2.46. The lowest BCUT2D eigenvalue weighted by atomic mass is 10.0. The van der Waals surface area contributed by atoms with E-state index < -0.39 is 6.10 Å². The van der Waals surface area contributed by atoms with Gasteiger partial charge in [0.15, 0.2) is 0 Å². The van der Waals surface area contributed by atoms with Gasteiger partial charge in [0.1, 0.15) is 16.9 Å². The minimum atomic E-state index is -0.647. The number of nitrogens with zero attached hydrogens (tertiary/aromatic N) is 1. The third kappa shape index (κ3) is 2.08. The summed E-state index contributed by atoms with van der Waals surface area (Å²) >= 11 is 1.45. The molecule has 1 heterocycles. The van der Waals surface area contributed by atoms with Crippen LogP contribution in [0.1, 0.15) is 22.2 Å². The first kappa shape index (κ1) is 11.1. The molecule has 1 N–H and O–H groups in total. The van der Waals surface area contributed by atoms with Crippen LogP contribution in [0.25, 0.3) is 0 Å². The Kier molecular flexibility index (Phi) is 3.22. The minimum absolute atomic E-state index is 0.647. The molecule has 0 aliphatic carbocycles. The van der Waals surface area contributed by atoms with Crippen molar-refractivity contribution in [3.8, 4) is 5.75 Å². The van der Waals surface area contributed by atoms with Crippen LogP contribution in [-0.4, -0.2) is 17.2 Å². The van der Waals surface area contributed by atoms with Gasteiger partial charge in [-0.2, -0.15) is 0 Å². The van der Waals surface area contributed by atoms with E-state index in [1.165, 1.54) is 11.3 Å². The van der Waals surface area contributed by atoms with E-state index in [1.54, 1.807) is 13.3 Å². The molecule has 0 radical (unpaired) electrons. The Morgan fingerprint density at radius 1 is 1.44 bits per heavy atom. The fourth-order valence-electron chi connectivity index (χ4n) is 1.58. The predicted octanol–water partition coefficient (Wildman–Crippen LogP) is 2.54. The molecule has 0 saturated heterocycles. The lowest BCUT2D eigenvalue weighted by molar-refractivity contribution is 0.219. The van der Waals surface area contributed by atoms with Crippen LogP contribution in [0.2, 0.25) is 0 Å². The summed E-state index contributed by atoms with van der Waals surface area (Å²) < 4.78 is 5.13. The van der Waals surface area contributed by atoms with Crippen LogP contribution in [0.4, 0.5) is 0 Å². The number of aryl methyl sites for hydroxylation is 1. The molecule has 0 saturated carbocycles. The summed E-state index contributed by atoms with van der Waals surface area (Å²) in [6.07, 6.45) is 1.05. The molecule has 0 amide bonds. The Bertz CT molecular complexity index is 468. The zero-order chi connectivity index (χ0) is 11.5. The van der Waals surface area contributed by atoms with Gasteiger partial charge in [-0.05, 0) is 30.2 Å². The van der Waals surface area contributed by atoms with Crippen molar-refractivity contribution >= 4 is 11.3 Å². The summed E-state index contributed by atoms with van der Waals surface area (Å²) in [5.74, 6) is 0.799. The average Bonchev–Trinajstić information content (AvgIpc) is 2.81. The summed E-state index contributed by atoms with van der Waals surface area (Å²) in [6.45, 7) is 1.95. The quantitative estimate of drug-likeness (QED) is 0.889. The number of hydrogen-bond acceptors (Lipinski definition) is 4. The molecule has 1 aromatic heterocycles. The van der Waals surface area contributed by atoms with Crippen molar-refractivity contribution in [2.75, 3.05) is 7.11 Å². The highest BCUT2D eigenvalue weighted by atomic mass is 32.1. The van der Waals surface area contributed by atoms with E-state index in [9.17, 15) is 5.11 Å². The van der Waals surface area contributed by atoms with Crippen molar-refractivity contribution in [2.45, 2.75) is 13.0 Å². The standard InChI is InChI=1S/C12H13NO2S/c1-8-7-9(15-2)3-4-10(8)11(14)12-13-5-6-16-12/h3-7,11,14H,1-2H3. The van der Waals surface area contributed by atoms with E-state index in [2.05, 4.69) is 4.98 Å². The summed E-state index contributed by atoms with van der Waals surface area (Å²) in [5.41, 5.74) is 1.87. The van der Waals surface area contributed by atoms with Gasteiger partial charge >= 0.3 is 0 Å². The first-order chi connectivity index (χ1) is 7.72. The van der Waals surface area contributed by atoms with E-state index in [-0.39, 0.29) is 0 Å². The van der Waals surface area contributed by atoms with Gasteiger partial charge in [-0.15, -0.1) is 11.3 Å². The van der Waals surface area contributed by atoms with Crippen LogP contribution in [0.5, 0.6) is 5.75 Å². The van der Waals surface area contributed by atoms with Crippen LogP contribution >= 0.6 is 11.3 Å². The molecule has 4 heteroatoms. The molecule has 0 spiro atoms. The first-order valence-electron chi connectivity index (χ1n) is 4.94. The van der Waals surface area contributed by atoms with Gasteiger partial charge in [0.2, 0.25) is 0 Å². The second kappa shape index (κ2) is 4.63. The molecule has 0 aliphatic heterocycles. The molecule has 3 nitrogen and oxygen atoms in total. The van der Waals surface area contributed by atoms with Crippen molar-refractivity contribution in [2.24, 2.45) is 0 Å². The predicted molar refractivity (Wildman–Crippen MR) is 63.9 cm³/mol. The molecule has 1 unspecified atom stereocenters. The van der Waals surface area contributed by atoms with E-state index in [0.29, 0.717) is 5.01 Å². The Hall–Kier alpha value is -1.39. The second-order valence-corrected chi connectivity index (χ2v) is 4.42. The molecule has 16 heavy (non-hydrogen) atoms. The van der Waals surface area contributed by atoms with E-state index in [1.807, 2.05) is 30.5 Å². The first-order valence-corrected chi connectivity index (χ1v) is 5.82. The number of aliphatic hydroxyl groups excluding tert-OH is 1. The van der Waals surface area contributed by atoms with Crippen LogP contribution in [-0.2, 0) is 0 Å². The molecule has 1 aromatic carbocycles. The molecular formula is C12H13NO2S. The molecule has 0 fully saturated rings. The SMILES string of the molecule is COc1ccc(C(O)c2nccs2)c(C)c1. The van der Waals surface area contributed by atoms with E-state index in [4.69, 9.17) is 4.74 Å². The zero-order valence-electron chi connectivity index (χ0n) is 9.18. The summed E-state index contributed by atoms with van der Waals surface area (Å²) in [6, 6.07) is 5.63. The lowest BCUT2D eigenvalue weighted by Gasteiger charge is -2.12. The number of rotatable bonds is 3. The molecule has 2 rings (SSSR count). The van der Waals surface area contributed by atoms with Gasteiger partial charge in [0.25, 0.3) is 0 Å². The molecule has 0 bridgehead atoms. The highest BCUT2D eigenvalue weighted by Gasteiger charge is 2.15. The van der Waals surface area contributed by atoms with Gasteiger partial charge in [-0.25, -0.2) is 4.98 Å². The van der Waals surface area contributed by atoms with Crippen molar-refractivity contribution in [1.82, 2.24) is 4.98 Å². The Balaban J connectivity index is 2.34. The molecular weight excluding hydrogens is 222 g/mol. The zero-order valence-corrected chi connectivity index (χ0v) is 9.99. The van der Waals surface area contributed by atoms with Crippen molar-refractivity contribution < 1.29 is 9.84 Å². The van der Waals surface area contributed by atoms with E-state index in [0.717, 1.165) is 16.9 Å². The van der Waals surface area contributed by atoms with Crippen molar-refractivity contribution in [3.63, 3.8) is 0 Å². The Morgan fingerprint density at radius 3 is 2.81 bits per heavy atom. The minimum Gasteiger partial charge on any atom is -0.497 e. The highest BCUT2D eigenvalue weighted by molar-refractivity contribution is 7.09. The highest BCUT2D eigenvalue weighted by Crippen LogP contribution is 2.28. The van der Waals surface area contributed by atoms with Crippen LogP contribution in [0.15, 0.2) is 29.8 Å². The molecule has 84 valence electrons. The van der Waals surface area contributed by atoms with Gasteiger partial charge < -0.3 is 9.84 Å². The Labute approximate surface area is 98.4 Å². The normalized spacial score (nSPS) is 12.4. The summed E-state index contributed by atoms with van der Waals surface area (Å²) in [5, 5.41) is 12.7. The van der Waals surface area contributed by atoms with Crippen LogP contribution in [0, 0.1) is 6.92 Å². The van der Waals surface area contributed by atoms with Crippen molar-refractivity contribution in [3.05, 3.63) is 45.9 Å². The molecule has 0 aliphatic rings. The Morgan fingerprint density at radius 2 is 2.25 bits per heavy atom. The molecule has 2 aromatic rings. The number of thiazole rings is 1.